The number of H-pyrrole nitrogens is 1. The molecule has 0 amide bonds. The first-order valence-corrected chi connectivity index (χ1v) is 4.62. The molecule has 0 spiro atoms. The van der Waals surface area contributed by atoms with Crippen LogP contribution in [0.5, 0.6) is 0 Å². The van der Waals surface area contributed by atoms with E-state index < -0.39 is 0 Å². The minimum Gasteiger partial charge on any atom is -0.361 e. The Morgan fingerprint density at radius 3 is 3.00 bits per heavy atom. The Labute approximate surface area is 86.4 Å². The smallest absolute Gasteiger partial charge is 0.152 e. The Morgan fingerprint density at radius 2 is 2.27 bits per heavy atom. The largest absolute Gasteiger partial charge is 0.361 e. The molecule has 3 heteroatoms. The highest BCUT2D eigenvalue weighted by molar-refractivity contribution is 5.95. The number of aromatic nitrogens is 1. The number of allylic oxidation sites excluding steroid dienone is 1. The standard InChI is InChI=1S/C12H10FNO/c1-8(15)2-3-9-6-11(13)7-10-4-5-14-12(9)10/h2-7,14H,1H3/b3-2+. The van der Waals surface area contributed by atoms with Crippen LogP contribution in [0, 0.1) is 5.82 Å². The Balaban J connectivity index is 2.58. The molecule has 0 radical (unpaired) electrons. The van der Waals surface area contributed by atoms with Crippen LogP contribution in [0.3, 0.4) is 0 Å². The molecule has 2 aromatic rings. The molecule has 0 atom stereocenters. The molecule has 76 valence electrons. The Kier molecular flexibility index (Phi) is 2.37. The van der Waals surface area contributed by atoms with Crippen molar-refractivity contribution in [3.63, 3.8) is 0 Å². The van der Waals surface area contributed by atoms with E-state index in [0.29, 0.717) is 5.56 Å². The lowest BCUT2D eigenvalue weighted by atomic mass is 10.1. The highest BCUT2D eigenvalue weighted by atomic mass is 19.1. The molecule has 0 bridgehead atoms. The first kappa shape index (κ1) is 9.65. The number of carbonyl (C=O) groups is 1. The van der Waals surface area contributed by atoms with Gasteiger partial charge < -0.3 is 4.98 Å². The Hall–Kier alpha value is -1.90. The maximum absolute atomic E-state index is 13.2. The third-order valence-corrected chi connectivity index (χ3v) is 2.15. The fourth-order valence-corrected chi connectivity index (χ4v) is 1.50. The van der Waals surface area contributed by atoms with Gasteiger partial charge in [0.2, 0.25) is 0 Å². The summed E-state index contributed by atoms with van der Waals surface area (Å²) >= 11 is 0. The van der Waals surface area contributed by atoms with E-state index in [0.717, 1.165) is 10.9 Å². The van der Waals surface area contributed by atoms with Gasteiger partial charge in [0.15, 0.2) is 5.78 Å². The maximum atomic E-state index is 13.2. The predicted octanol–water partition coefficient (Wildman–Crippen LogP) is 2.91. The van der Waals surface area contributed by atoms with Crippen molar-refractivity contribution in [3.8, 4) is 0 Å². The van der Waals surface area contributed by atoms with Crippen LogP contribution in [0.2, 0.25) is 0 Å². The van der Waals surface area contributed by atoms with Gasteiger partial charge in [-0.15, -0.1) is 0 Å². The van der Waals surface area contributed by atoms with E-state index in [1.54, 1.807) is 18.3 Å². The van der Waals surface area contributed by atoms with Crippen molar-refractivity contribution in [2.45, 2.75) is 6.92 Å². The molecular weight excluding hydrogens is 193 g/mol. The number of nitrogens with one attached hydrogen (secondary N) is 1. The summed E-state index contributed by atoms with van der Waals surface area (Å²) in [5.41, 5.74) is 1.53. The number of aromatic amines is 1. The van der Waals surface area contributed by atoms with Crippen molar-refractivity contribution >= 4 is 22.8 Å². The van der Waals surface area contributed by atoms with Gasteiger partial charge in [0.1, 0.15) is 5.82 Å². The molecule has 0 aliphatic rings. The van der Waals surface area contributed by atoms with E-state index in [9.17, 15) is 9.18 Å². The lowest BCUT2D eigenvalue weighted by Gasteiger charge is -1.97. The van der Waals surface area contributed by atoms with Gasteiger partial charge in [-0.05, 0) is 37.3 Å². The number of carbonyl (C=O) groups excluding carboxylic acids is 1. The Morgan fingerprint density at radius 1 is 1.47 bits per heavy atom. The summed E-state index contributed by atoms with van der Waals surface area (Å²) in [6, 6.07) is 4.65. The van der Waals surface area contributed by atoms with Crippen molar-refractivity contribution in [1.82, 2.24) is 4.98 Å². The second-order valence-corrected chi connectivity index (χ2v) is 3.38. The molecule has 2 rings (SSSR count). The number of ketones is 1. The number of halogens is 1. The second-order valence-electron chi connectivity index (χ2n) is 3.38. The van der Waals surface area contributed by atoms with E-state index in [-0.39, 0.29) is 11.6 Å². The molecule has 0 saturated heterocycles. The van der Waals surface area contributed by atoms with Crippen molar-refractivity contribution < 1.29 is 9.18 Å². The molecular formula is C12H10FNO. The van der Waals surface area contributed by atoms with Crippen LogP contribution < -0.4 is 0 Å². The Bertz CT molecular complexity index is 540. The second kappa shape index (κ2) is 3.69. The molecule has 1 aromatic carbocycles. The zero-order valence-electron chi connectivity index (χ0n) is 8.25. The highest BCUT2D eigenvalue weighted by Crippen LogP contribution is 2.20. The summed E-state index contributed by atoms with van der Waals surface area (Å²) in [6.45, 7) is 1.46. The van der Waals surface area contributed by atoms with Crippen LogP contribution in [0.4, 0.5) is 4.39 Å². The summed E-state index contributed by atoms with van der Waals surface area (Å²) in [5, 5.41) is 0.804. The molecule has 15 heavy (non-hydrogen) atoms. The summed E-state index contributed by atoms with van der Waals surface area (Å²) < 4.78 is 13.2. The molecule has 1 N–H and O–H groups in total. The summed E-state index contributed by atoms with van der Waals surface area (Å²) in [4.78, 5) is 13.8. The minimum atomic E-state index is -0.301. The number of fused-ring (bicyclic) bond motifs is 1. The first-order chi connectivity index (χ1) is 7.16. The fourth-order valence-electron chi connectivity index (χ4n) is 1.50. The normalized spacial score (nSPS) is 11.3. The van der Waals surface area contributed by atoms with Gasteiger partial charge in [-0.2, -0.15) is 0 Å². The topological polar surface area (TPSA) is 32.9 Å². The van der Waals surface area contributed by atoms with Crippen LogP contribution in [0.15, 0.2) is 30.5 Å². The van der Waals surface area contributed by atoms with Crippen molar-refractivity contribution in [3.05, 3.63) is 41.9 Å². The van der Waals surface area contributed by atoms with E-state index in [4.69, 9.17) is 0 Å². The molecule has 0 saturated carbocycles. The molecule has 0 aliphatic heterocycles. The monoisotopic (exact) mass is 203 g/mol. The van der Waals surface area contributed by atoms with Crippen LogP contribution in [-0.4, -0.2) is 10.8 Å². The number of benzene rings is 1. The predicted molar refractivity (Wildman–Crippen MR) is 58.0 cm³/mol. The third-order valence-electron chi connectivity index (χ3n) is 2.15. The van der Waals surface area contributed by atoms with Crippen molar-refractivity contribution in [2.75, 3.05) is 0 Å². The average Bonchev–Trinajstić information content (AvgIpc) is 2.61. The van der Waals surface area contributed by atoms with Crippen molar-refractivity contribution in [1.29, 1.82) is 0 Å². The first-order valence-electron chi connectivity index (χ1n) is 4.62. The molecule has 0 fully saturated rings. The fraction of sp³-hybridized carbons (Fsp3) is 0.0833. The van der Waals surface area contributed by atoms with Gasteiger partial charge in [0.05, 0.1) is 5.52 Å². The van der Waals surface area contributed by atoms with Crippen LogP contribution in [0.25, 0.3) is 17.0 Å². The molecule has 2 nitrogen and oxygen atoms in total. The summed E-state index contributed by atoms with van der Waals surface area (Å²) in [6.07, 6.45) is 4.79. The van der Waals surface area contributed by atoms with E-state index in [1.807, 2.05) is 0 Å². The molecule has 1 aromatic heterocycles. The quantitative estimate of drug-likeness (QED) is 0.748. The number of rotatable bonds is 2. The van der Waals surface area contributed by atoms with E-state index in [2.05, 4.69) is 4.98 Å². The summed E-state index contributed by atoms with van der Waals surface area (Å²) in [5.74, 6) is -0.357. The zero-order valence-corrected chi connectivity index (χ0v) is 8.25. The average molecular weight is 203 g/mol. The van der Waals surface area contributed by atoms with E-state index >= 15 is 0 Å². The maximum Gasteiger partial charge on any atom is 0.152 e. The third kappa shape index (κ3) is 1.96. The van der Waals surface area contributed by atoms with Crippen LogP contribution in [-0.2, 0) is 4.79 Å². The van der Waals surface area contributed by atoms with E-state index in [1.165, 1.54) is 25.1 Å². The van der Waals surface area contributed by atoms with Crippen LogP contribution >= 0.6 is 0 Å². The lowest BCUT2D eigenvalue weighted by molar-refractivity contribution is -0.112. The van der Waals surface area contributed by atoms with Gasteiger partial charge in [-0.1, -0.05) is 0 Å². The zero-order chi connectivity index (χ0) is 10.8. The SMILES string of the molecule is CC(=O)/C=C/c1cc(F)cc2cc[nH]c12. The number of hydrogen-bond acceptors (Lipinski definition) is 1. The lowest BCUT2D eigenvalue weighted by Crippen LogP contribution is -1.83. The van der Waals surface area contributed by atoms with Gasteiger partial charge >= 0.3 is 0 Å². The van der Waals surface area contributed by atoms with Crippen molar-refractivity contribution in [2.24, 2.45) is 0 Å². The molecule has 0 aliphatic carbocycles. The summed E-state index contributed by atoms with van der Waals surface area (Å²) in [7, 11) is 0. The van der Waals surface area contributed by atoms with Crippen LogP contribution in [0.1, 0.15) is 12.5 Å². The van der Waals surface area contributed by atoms with Gasteiger partial charge in [-0.25, -0.2) is 4.39 Å². The molecule has 1 heterocycles. The highest BCUT2D eigenvalue weighted by Gasteiger charge is 2.02. The van der Waals surface area contributed by atoms with Gasteiger partial charge in [0, 0.05) is 17.1 Å². The van der Waals surface area contributed by atoms with Gasteiger partial charge in [-0.3, -0.25) is 4.79 Å². The van der Waals surface area contributed by atoms with Gasteiger partial charge in [0.25, 0.3) is 0 Å². The minimum absolute atomic E-state index is 0.0565. The number of hydrogen-bond donors (Lipinski definition) is 1. The molecule has 0 unspecified atom stereocenters.